The topological polar surface area (TPSA) is 98.6 Å². The van der Waals surface area contributed by atoms with E-state index in [4.69, 9.17) is 26.7 Å². The molecule has 0 radical (unpaired) electrons. The molecule has 5 rings (SSSR count). The second-order valence-corrected chi connectivity index (χ2v) is 10.7. The van der Waals surface area contributed by atoms with E-state index in [2.05, 4.69) is 26.7 Å². The third kappa shape index (κ3) is 5.91. The molecule has 1 N–H and O–H groups in total. The van der Waals surface area contributed by atoms with Crippen LogP contribution in [-0.4, -0.2) is 69.3 Å². The molecular formula is C27H29ClF3N7O2. The quantitative estimate of drug-likeness (QED) is 0.438. The van der Waals surface area contributed by atoms with E-state index in [1.807, 2.05) is 13.0 Å². The number of piperazine rings is 1. The average molecular weight is 576 g/mol. The molecule has 0 spiro atoms. The molecule has 0 amide bonds. The number of rotatable bonds is 6. The summed E-state index contributed by atoms with van der Waals surface area (Å²) < 4.78 is 41.9. The van der Waals surface area contributed by atoms with Crippen LogP contribution in [0.25, 0.3) is 11.3 Å². The summed E-state index contributed by atoms with van der Waals surface area (Å²) in [6, 6.07) is 4.61. The fourth-order valence-corrected chi connectivity index (χ4v) is 5.52. The normalized spacial score (nSPS) is 19.8. The summed E-state index contributed by atoms with van der Waals surface area (Å²) in [5, 5.41) is 9.50. The average Bonchev–Trinajstić information content (AvgIpc) is 3.33. The minimum Gasteiger partial charge on any atom is -0.481 e. The van der Waals surface area contributed by atoms with Crippen LogP contribution in [0.4, 0.5) is 30.8 Å². The van der Waals surface area contributed by atoms with Crippen molar-refractivity contribution in [3.05, 3.63) is 52.9 Å². The SMILES string of the molecule is CC1CN(c2ncc(CC(=O)O)cc2C(F)(F)F)CCN1c1cc(-c2cncc(Cl)c2)nc(N2CCCC2C)n1. The predicted octanol–water partition coefficient (Wildman–Crippen LogP) is 4.94. The molecule has 212 valence electrons. The number of anilines is 3. The smallest absolute Gasteiger partial charge is 0.419 e. The van der Waals surface area contributed by atoms with E-state index >= 15 is 0 Å². The first kappa shape index (κ1) is 27.9. The van der Waals surface area contributed by atoms with Gasteiger partial charge in [0.25, 0.3) is 0 Å². The van der Waals surface area contributed by atoms with E-state index in [1.54, 1.807) is 23.4 Å². The Bertz CT molecular complexity index is 1410. The lowest BCUT2D eigenvalue weighted by Crippen LogP contribution is -2.53. The van der Waals surface area contributed by atoms with Crippen molar-refractivity contribution in [2.24, 2.45) is 0 Å². The molecule has 2 aliphatic heterocycles. The van der Waals surface area contributed by atoms with Crippen LogP contribution in [0.2, 0.25) is 5.02 Å². The van der Waals surface area contributed by atoms with Gasteiger partial charge in [-0.25, -0.2) is 9.97 Å². The second kappa shape index (κ2) is 11.1. The highest BCUT2D eigenvalue weighted by atomic mass is 35.5. The highest BCUT2D eigenvalue weighted by molar-refractivity contribution is 6.30. The number of nitrogens with zero attached hydrogens (tertiary/aromatic N) is 7. The van der Waals surface area contributed by atoms with Crippen LogP contribution in [0.15, 0.2) is 36.8 Å². The summed E-state index contributed by atoms with van der Waals surface area (Å²) in [6.45, 7) is 5.84. The number of halogens is 4. The van der Waals surface area contributed by atoms with Crippen LogP contribution >= 0.6 is 11.6 Å². The Balaban J connectivity index is 1.45. The van der Waals surface area contributed by atoms with Crippen LogP contribution in [0.3, 0.4) is 0 Å². The van der Waals surface area contributed by atoms with Crippen molar-refractivity contribution in [3.8, 4) is 11.3 Å². The maximum atomic E-state index is 14.0. The number of alkyl halides is 3. The van der Waals surface area contributed by atoms with Gasteiger partial charge in [-0.2, -0.15) is 18.2 Å². The van der Waals surface area contributed by atoms with E-state index < -0.39 is 24.1 Å². The lowest BCUT2D eigenvalue weighted by molar-refractivity contribution is -0.138. The van der Waals surface area contributed by atoms with Gasteiger partial charge < -0.3 is 19.8 Å². The Labute approximate surface area is 234 Å². The van der Waals surface area contributed by atoms with Gasteiger partial charge in [0, 0.05) is 68.5 Å². The maximum absolute atomic E-state index is 14.0. The Hall–Kier alpha value is -3.67. The highest BCUT2D eigenvalue weighted by Crippen LogP contribution is 2.37. The molecule has 5 heterocycles. The summed E-state index contributed by atoms with van der Waals surface area (Å²) in [4.78, 5) is 34.9. The van der Waals surface area contributed by atoms with Gasteiger partial charge in [0.1, 0.15) is 11.6 Å². The molecule has 9 nitrogen and oxygen atoms in total. The lowest BCUT2D eigenvalue weighted by Gasteiger charge is -2.42. The summed E-state index contributed by atoms with van der Waals surface area (Å²) >= 11 is 6.20. The number of carbonyl (C=O) groups is 1. The number of aromatic nitrogens is 4. The molecule has 0 saturated carbocycles. The first-order chi connectivity index (χ1) is 19.0. The van der Waals surface area contributed by atoms with Crippen molar-refractivity contribution in [2.75, 3.05) is 40.9 Å². The van der Waals surface area contributed by atoms with Crippen molar-refractivity contribution >= 4 is 35.2 Å². The van der Waals surface area contributed by atoms with E-state index in [0.29, 0.717) is 29.0 Å². The van der Waals surface area contributed by atoms with Crippen LogP contribution < -0.4 is 14.7 Å². The predicted molar refractivity (Wildman–Crippen MR) is 146 cm³/mol. The van der Waals surface area contributed by atoms with Crippen LogP contribution in [-0.2, 0) is 17.4 Å². The molecule has 2 unspecified atom stereocenters. The van der Waals surface area contributed by atoms with E-state index in [9.17, 15) is 18.0 Å². The Morgan fingerprint density at radius 3 is 2.50 bits per heavy atom. The lowest BCUT2D eigenvalue weighted by atomic mass is 10.1. The molecule has 40 heavy (non-hydrogen) atoms. The van der Waals surface area contributed by atoms with E-state index in [-0.39, 0.29) is 36.6 Å². The number of pyridine rings is 2. The summed E-state index contributed by atoms with van der Waals surface area (Å²) in [7, 11) is 0. The van der Waals surface area contributed by atoms with Gasteiger partial charge in [-0.1, -0.05) is 11.6 Å². The molecule has 0 bridgehead atoms. The number of aliphatic carboxylic acids is 1. The Morgan fingerprint density at radius 2 is 1.85 bits per heavy atom. The molecule has 2 saturated heterocycles. The third-order valence-electron chi connectivity index (χ3n) is 7.32. The van der Waals surface area contributed by atoms with Gasteiger partial charge in [-0.05, 0) is 44.4 Å². The third-order valence-corrected chi connectivity index (χ3v) is 7.52. The van der Waals surface area contributed by atoms with Crippen molar-refractivity contribution in [1.29, 1.82) is 0 Å². The largest absolute Gasteiger partial charge is 0.481 e. The first-order valence-corrected chi connectivity index (χ1v) is 13.4. The standard InChI is InChI=1S/C27H29ClF3N7O2/c1-16-4-3-5-38(16)26-34-22(19-10-20(28)14-32-13-19)11-23(35-26)37-7-6-36(15-17(37)2)25-21(27(29,30)31)8-18(12-33-25)9-24(39)40/h8,10-14,16-17H,3-7,9,15H2,1-2H3,(H,39,40). The monoisotopic (exact) mass is 575 g/mol. The van der Waals surface area contributed by atoms with Crippen molar-refractivity contribution in [3.63, 3.8) is 0 Å². The zero-order valence-electron chi connectivity index (χ0n) is 22.1. The van der Waals surface area contributed by atoms with Gasteiger partial charge in [-0.15, -0.1) is 0 Å². The molecule has 0 aromatic carbocycles. The van der Waals surface area contributed by atoms with Crippen LogP contribution in [0.5, 0.6) is 0 Å². The van der Waals surface area contributed by atoms with Crippen LogP contribution in [0, 0.1) is 0 Å². The van der Waals surface area contributed by atoms with E-state index in [0.717, 1.165) is 31.0 Å². The first-order valence-electron chi connectivity index (χ1n) is 13.1. The molecule has 2 fully saturated rings. The molecule has 3 aromatic heterocycles. The van der Waals surface area contributed by atoms with Gasteiger partial charge in [0.15, 0.2) is 0 Å². The number of carboxylic acid groups (broad SMARTS) is 1. The van der Waals surface area contributed by atoms with E-state index in [1.165, 1.54) is 6.20 Å². The molecule has 2 aliphatic rings. The zero-order chi connectivity index (χ0) is 28.6. The molecule has 3 aromatic rings. The van der Waals surface area contributed by atoms with Crippen molar-refractivity contribution in [1.82, 2.24) is 19.9 Å². The van der Waals surface area contributed by atoms with Gasteiger partial charge in [-0.3, -0.25) is 9.78 Å². The summed E-state index contributed by atoms with van der Waals surface area (Å²) in [5.74, 6) is -0.146. The number of carboxylic acids is 1. The van der Waals surface area contributed by atoms with Crippen LogP contribution in [0.1, 0.15) is 37.8 Å². The minimum absolute atomic E-state index is 0.00273. The zero-order valence-corrected chi connectivity index (χ0v) is 22.8. The Kier molecular flexibility index (Phi) is 7.72. The van der Waals surface area contributed by atoms with Gasteiger partial charge >= 0.3 is 12.1 Å². The molecule has 0 aliphatic carbocycles. The number of hydrogen-bond acceptors (Lipinski definition) is 8. The molecule has 2 atom stereocenters. The molecule has 13 heteroatoms. The maximum Gasteiger partial charge on any atom is 0.419 e. The Morgan fingerprint density at radius 1 is 1.05 bits per heavy atom. The second-order valence-electron chi connectivity index (χ2n) is 10.3. The fraction of sp³-hybridized carbons (Fsp3) is 0.444. The summed E-state index contributed by atoms with van der Waals surface area (Å²) in [6.07, 6.45) is 1.31. The minimum atomic E-state index is -4.68. The molecular weight excluding hydrogens is 547 g/mol. The van der Waals surface area contributed by atoms with Gasteiger partial charge in [0.05, 0.1) is 22.7 Å². The van der Waals surface area contributed by atoms with Crippen molar-refractivity contribution < 1.29 is 23.1 Å². The number of hydrogen-bond donors (Lipinski definition) is 1. The highest BCUT2D eigenvalue weighted by Gasteiger charge is 2.38. The fourth-order valence-electron chi connectivity index (χ4n) is 5.35. The van der Waals surface area contributed by atoms with Gasteiger partial charge in [0.2, 0.25) is 5.95 Å². The van der Waals surface area contributed by atoms with Crippen molar-refractivity contribution in [2.45, 2.75) is 51.4 Å². The summed E-state index contributed by atoms with van der Waals surface area (Å²) in [5.41, 5.74) is 0.479.